The van der Waals surface area contributed by atoms with Crippen molar-refractivity contribution in [1.82, 2.24) is 0 Å². The molecule has 116 valence electrons. The fourth-order valence-corrected chi connectivity index (χ4v) is 1.86. The number of nitrogens with two attached hydrogens (primary N) is 1. The van der Waals surface area contributed by atoms with Gasteiger partial charge in [0, 0.05) is 10.9 Å². The summed E-state index contributed by atoms with van der Waals surface area (Å²) in [6, 6.07) is 2.06. The second-order valence-electron chi connectivity index (χ2n) is 4.22. The zero-order valence-corrected chi connectivity index (χ0v) is 12.2. The van der Waals surface area contributed by atoms with Crippen LogP contribution in [-0.2, 0) is 15.8 Å². The summed E-state index contributed by atoms with van der Waals surface area (Å²) in [6.07, 6.45) is -5.16. The van der Waals surface area contributed by atoms with E-state index in [0.29, 0.717) is 0 Å². The highest BCUT2D eigenvalue weighted by Gasteiger charge is 2.34. The number of nitrogens with one attached hydrogen (secondary N) is 1. The number of carboxylic acids is 1. The Balaban J connectivity index is 2.88. The van der Waals surface area contributed by atoms with E-state index in [1.54, 1.807) is 0 Å². The van der Waals surface area contributed by atoms with Crippen molar-refractivity contribution in [2.75, 3.05) is 5.32 Å². The molecule has 0 aromatic heterocycles. The van der Waals surface area contributed by atoms with E-state index in [4.69, 9.17) is 10.8 Å². The Morgan fingerprint density at radius 1 is 1.38 bits per heavy atom. The van der Waals surface area contributed by atoms with Crippen molar-refractivity contribution >= 4 is 33.5 Å². The summed E-state index contributed by atoms with van der Waals surface area (Å²) >= 11 is 2.92. The van der Waals surface area contributed by atoms with Crippen LogP contribution in [0.1, 0.15) is 18.4 Å². The van der Waals surface area contributed by atoms with E-state index in [9.17, 15) is 22.8 Å². The average Bonchev–Trinajstić information content (AvgIpc) is 2.36. The molecule has 1 unspecified atom stereocenters. The van der Waals surface area contributed by atoms with Crippen molar-refractivity contribution < 1.29 is 27.9 Å². The van der Waals surface area contributed by atoms with Crippen LogP contribution in [0.3, 0.4) is 0 Å². The molecule has 0 bridgehead atoms. The maximum Gasteiger partial charge on any atom is 0.418 e. The van der Waals surface area contributed by atoms with Crippen molar-refractivity contribution in [2.24, 2.45) is 5.73 Å². The summed E-state index contributed by atoms with van der Waals surface area (Å²) in [4.78, 5) is 22.0. The van der Waals surface area contributed by atoms with E-state index in [2.05, 4.69) is 21.2 Å². The highest BCUT2D eigenvalue weighted by Crippen LogP contribution is 2.36. The number of hydrogen-bond donors (Lipinski definition) is 3. The van der Waals surface area contributed by atoms with Crippen molar-refractivity contribution in [3.63, 3.8) is 0 Å². The molecule has 21 heavy (non-hydrogen) atoms. The summed E-state index contributed by atoms with van der Waals surface area (Å²) in [6.45, 7) is 0. The van der Waals surface area contributed by atoms with E-state index in [0.717, 1.165) is 12.1 Å². The Kier molecular flexibility index (Phi) is 5.73. The Morgan fingerprint density at radius 3 is 2.52 bits per heavy atom. The number of carbonyl (C=O) groups is 2. The second kappa shape index (κ2) is 6.90. The molecule has 9 heteroatoms. The van der Waals surface area contributed by atoms with Gasteiger partial charge >= 0.3 is 12.1 Å². The average molecular weight is 369 g/mol. The first-order valence-corrected chi connectivity index (χ1v) is 6.55. The summed E-state index contributed by atoms with van der Waals surface area (Å²) in [5.74, 6) is -2.01. The third kappa shape index (κ3) is 5.35. The van der Waals surface area contributed by atoms with Gasteiger partial charge in [-0.1, -0.05) is 15.9 Å². The predicted octanol–water partition coefficient (Wildman–Crippen LogP) is 2.60. The number of aliphatic carboxylic acids is 1. The Labute approximate surface area is 126 Å². The number of carboxylic acid groups (broad SMARTS) is 1. The summed E-state index contributed by atoms with van der Waals surface area (Å²) < 4.78 is 38.8. The molecule has 1 amide bonds. The number of benzene rings is 1. The van der Waals surface area contributed by atoms with Gasteiger partial charge in [-0.15, -0.1) is 0 Å². The molecule has 1 aromatic carbocycles. The van der Waals surface area contributed by atoms with Gasteiger partial charge in [0.25, 0.3) is 0 Å². The van der Waals surface area contributed by atoms with Gasteiger partial charge in [0.1, 0.15) is 0 Å². The fourth-order valence-electron chi connectivity index (χ4n) is 1.50. The first-order chi connectivity index (χ1) is 9.61. The lowest BCUT2D eigenvalue weighted by atomic mass is 10.1. The minimum atomic E-state index is -4.64. The zero-order valence-electron chi connectivity index (χ0n) is 10.6. The first kappa shape index (κ1) is 17.4. The summed E-state index contributed by atoms with van der Waals surface area (Å²) in [7, 11) is 0. The summed E-state index contributed by atoms with van der Waals surface area (Å²) in [5, 5.41) is 10.5. The molecule has 1 aromatic rings. The van der Waals surface area contributed by atoms with Gasteiger partial charge in [0.05, 0.1) is 17.3 Å². The number of hydrogen-bond acceptors (Lipinski definition) is 3. The van der Waals surface area contributed by atoms with Crippen LogP contribution in [0.15, 0.2) is 22.7 Å². The third-order valence-electron chi connectivity index (χ3n) is 2.55. The van der Waals surface area contributed by atoms with Crippen LogP contribution in [0, 0.1) is 0 Å². The minimum absolute atomic E-state index is 0.168. The second-order valence-corrected chi connectivity index (χ2v) is 5.13. The van der Waals surface area contributed by atoms with Gasteiger partial charge < -0.3 is 16.2 Å². The number of alkyl halides is 3. The van der Waals surface area contributed by atoms with Gasteiger partial charge in [-0.2, -0.15) is 13.2 Å². The Morgan fingerprint density at radius 2 is 2.00 bits per heavy atom. The fraction of sp³-hybridized carbons (Fsp3) is 0.333. The number of rotatable bonds is 5. The van der Waals surface area contributed by atoms with Gasteiger partial charge in [0.15, 0.2) is 0 Å². The molecule has 1 rings (SSSR count). The molecule has 4 N–H and O–H groups in total. The van der Waals surface area contributed by atoms with Gasteiger partial charge in [-0.25, -0.2) is 0 Å². The SMILES string of the molecule is NC(CCC(=O)O)C(=O)Nc1ccc(Br)cc1C(F)(F)F. The van der Waals surface area contributed by atoms with Crippen LogP contribution in [0.25, 0.3) is 0 Å². The van der Waals surface area contributed by atoms with Crippen molar-refractivity contribution in [1.29, 1.82) is 0 Å². The van der Waals surface area contributed by atoms with Crippen LogP contribution in [0.5, 0.6) is 0 Å². The van der Waals surface area contributed by atoms with E-state index in [1.807, 2.05) is 0 Å². The molecule has 0 radical (unpaired) electrons. The van der Waals surface area contributed by atoms with E-state index < -0.39 is 35.3 Å². The zero-order chi connectivity index (χ0) is 16.2. The molecule has 0 aliphatic heterocycles. The molecule has 0 saturated carbocycles. The topological polar surface area (TPSA) is 92.4 Å². The van der Waals surface area contributed by atoms with Crippen LogP contribution in [-0.4, -0.2) is 23.0 Å². The highest BCUT2D eigenvalue weighted by atomic mass is 79.9. The largest absolute Gasteiger partial charge is 0.481 e. The Hall–Kier alpha value is -1.61. The first-order valence-electron chi connectivity index (χ1n) is 5.76. The van der Waals surface area contributed by atoms with Crippen molar-refractivity contribution in [3.05, 3.63) is 28.2 Å². The molecule has 0 heterocycles. The maximum atomic E-state index is 12.9. The number of amides is 1. The molecule has 0 aliphatic rings. The molecule has 1 atom stereocenters. The maximum absolute atomic E-state index is 12.9. The van der Waals surface area contributed by atoms with Crippen molar-refractivity contribution in [3.8, 4) is 0 Å². The normalized spacial score (nSPS) is 12.8. The van der Waals surface area contributed by atoms with Crippen molar-refractivity contribution in [2.45, 2.75) is 25.1 Å². The third-order valence-corrected chi connectivity index (χ3v) is 3.04. The lowest BCUT2D eigenvalue weighted by Gasteiger charge is -2.16. The molecule has 0 saturated heterocycles. The van der Waals surface area contributed by atoms with Crippen LogP contribution in [0.4, 0.5) is 18.9 Å². The lowest BCUT2D eigenvalue weighted by molar-refractivity contribution is -0.137. The number of anilines is 1. The Bertz CT molecular complexity index is 549. The standard InChI is InChI=1S/C12H12BrF3N2O3/c13-6-1-3-9(7(5-6)12(14,15)16)18-11(21)8(17)2-4-10(19)20/h1,3,5,8H,2,4,17H2,(H,18,21)(H,19,20). The molecular weight excluding hydrogens is 357 g/mol. The monoisotopic (exact) mass is 368 g/mol. The molecular formula is C12H12BrF3N2O3. The molecule has 5 nitrogen and oxygen atoms in total. The van der Waals surface area contributed by atoms with Crippen LogP contribution >= 0.6 is 15.9 Å². The van der Waals surface area contributed by atoms with Crippen LogP contribution < -0.4 is 11.1 Å². The predicted molar refractivity (Wildman–Crippen MR) is 72.6 cm³/mol. The minimum Gasteiger partial charge on any atom is -0.481 e. The highest BCUT2D eigenvalue weighted by molar-refractivity contribution is 9.10. The van der Waals surface area contributed by atoms with E-state index in [-0.39, 0.29) is 17.3 Å². The molecule has 0 spiro atoms. The van der Waals surface area contributed by atoms with E-state index >= 15 is 0 Å². The quantitative estimate of drug-likeness (QED) is 0.744. The number of halogens is 4. The smallest absolute Gasteiger partial charge is 0.418 e. The van der Waals surface area contributed by atoms with Gasteiger partial charge in [-0.3, -0.25) is 9.59 Å². The van der Waals surface area contributed by atoms with Gasteiger partial charge in [0.2, 0.25) is 5.91 Å². The molecule has 0 fully saturated rings. The van der Waals surface area contributed by atoms with E-state index in [1.165, 1.54) is 6.07 Å². The summed E-state index contributed by atoms with van der Waals surface area (Å²) in [5.41, 5.74) is 3.99. The van der Waals surface area contributed by atoms with Crippen LogP contribution in [0.2, 0.25) is 0 Å². The number of carbonyl (C=O) groups excluding carboxylic acids is 1. The van der Waals surface area contributed by atoms with Gasteiger partial charge in [-0.05, 0) is 24.6 Å². The molecule has 0 aliphatic carbocycles. The lowest BCUT2D eigenvalue weighted by Crippen LogP contribution is -2.36.